The summed E-state index contributed by atoms with van der Waals surface area (Å²) < 4.78 is 65.1. The van der Waals surface area contributed by atoms with Crippen molar-refractivity contribution in [2.45, 2.75) is 6.10 Å². The molecule has 1 aromatic heterocycles. The van der Waals surface area contributed by atoms with E-state index in [-0.39, 0.29) is 21.8 Å². The summed E-state index contributed by atoms with van der Waals surface area (Å²) in [6, 6.07) is 4.69. The summed E-state index contributed by atoms with van der Waals surface area (Å²) in [5.74, 6) is -6.87. The van der Waals surface area contributed by atoms with E-state index >= 15 is 0 Å². The van der Waals surface area contributed by atoms with Crippen molar-refractivity contribution in [2.24, 2.45) is 5.73 Å². The van der Waals surface area contributed by atoms with Crippen molar-refractivity contribution in [1.29, 1.82) is 0 Å². The van der Waals surface area contributed by atoms with Gasteiger partial charge in [0, 0.05) is 5.56 Å². The fourth-order valence-corrected chi connectivity index (χ4v) is 2.93. The number of halogens is 5. The number of benzene rings is 2. The number of primary amides is 1. The third kappa shape index (κ3) is 4.10. The molecule has 1 amide bonds. The first-order valence-corrected chi connectivity index (χ1v) is 8.69. The van der Waals surface area contributed by atoms with Crippen molar-refractivity contribution < 1.29 is 36.6 Å². The summed E-state index contributed by atoms with van der Waals surface area (Å²) in [5.41, 5.74) is 4.17. The molecule has 0 saturated carbocycles. The number of aliphatic hydroxyl groups is 1. The fourth-order valence-electron chi connectivity index (χ4n) is 2.45. The van der Waals surface area contributed by atoms with Gasteiger partial charge in [0.2, 0.25) is 5.89 Å². The molecular formula is C18H11BrF4N2O4. The molecule has 3 N–H and O–H groups in total. The molecule has 6 nitrogen and oxygen atoms in total. The van der Waals surface area contributed by atoms with Crippen LogP contribution >= 0.6 is 15.9 Å². The first kappa shape index (κ1) is 20.8. The highest BCUT2D eigenvalue weighted by Crippen LogP contribution is 2.34. The van der Waals surface area contributed by atoms with Gasteiger partial charge in [0.1, 0.15) is 17.1 Å². The van der Waals surface area contributed by atoms with Crippen LogP contribution in [0.25, 0.3) is 11.3 Å². The number of carbonyl (C=O) groups is 1. The molecule has 0 aliphatic carbocycles. The van der Waals surface area contributed by atoms with E-state index in [0.29, 0.717) is 0 Å². The van der Waals surface area contributed by atoms with Crippen molar-refractivity contribution in [3.63, 3.8) is 0 Å². The molecular weight excluding hydrogens is 464 g/mol. The van der Waals surface area contributed by atoms with Gasteiger partial charge in [-0.05, 0) is 46.3 Å². The van der Waals surface area contributed by atoms with Gasteiger partial charge in [0.05, 0.1) is 6.61 Å². The Balaban J connectivity index is 1.95. The number of amides is 1. The number of hydrogen-bond donors (Lipinski definition) is 2. The monoisotopic (exact) mass is 474 g/mol. The second-order valence-electron chi connectivity index (χ2n) is 5.69. The lowest BCUT2D eigenvalue weighted by atomic mass is 10.1. The summed E-state index contributed by atoms with van der Waals surface area (Å²) in [4.78, 5) is 15.3. The maximum Gasteiger partial charge on any atom is 0.254 e. The molecule has 152 valence electrons. The van der Waals surface area contributed by atoms with Crippen molar-refractivity contribution in [3.8, 4) is 17.0 Å². The molecule has 0 bridgehead atoms. The Morgan fingerprint density at radius 2 is 1.86 bits per heavy atom. The summed E-state index contributed by atoms with van der Waals surface area (Å²) in [6.07, 6.45) is -1.37. The van der Waals surface area contributed by atoms with Crippen LogP contribution in [-0.4, -0.2) is 22.6 Å². The summed E-state index contributed by atoms with van der Waals surface area (Å²) in [7, 11) is 0. The summed E-state index contributed by atoms with van der Waals surface area (Å²) >= 11 is 3.07. The van der Waals surface area contributed by atoms with Gasteiger partial charge in [0.25, 0.3) is 5.91 Å². The smallest absolute Gasteiger partial charge is 0.254 e. The van der Waals surface area contributed by atoms with E-state index in [1.807, 2.05) is 0 Å². The minimum atomic E-state index is -1.37. The molecule has 0 aliphatic rings. The van der Waals surface area contributed by atoms with E-state index in [2.05, 4.69) is 20.9 Å². The van der Waals surface area contributed by atoms with E-state index in [0.717, 1.165) is 24.3 Å². The second kappa shape index (κ2) is 8.21. The number of nitrogens with zero attached hydrogens (tertiary/aromatic N) is 1. The quantitative estimate of drug-likeness (QED) is 0.528. The number of aromatic nitrogens is 1. The molecule has 1 atom stereocenters. The molecule has 2 aromatic carbocycles. The number of rotatable bonds is 6. The van der Waals surface area contributed by atoms with Crippen LogP contribution in [0, 0.1) is 23.3 Å². The zero-order valence-corrected chi connectivity index (χ0v) is 15.8. The highest BCUT2D eigenvalue weighted by molar-refractivity contribution is 9.10. The van der Waals surface area contributed by atoms with Gasteiger partial charge in [-0.3, -0.25) is 4.79 Å². The average Bonchev–Trinajstić information content (AvgIpc) is 3.04. The topological polar surface area (TPSA) is 98.6 Å². The van der Waals surface area contributed by atoms with Crippen molar-refractivity contribution >= 4 is 21.8 Å². The van der Waals surface area contributed by atoms with Crippen LogP contribution in [0.15, 0.2) is 39.4 Å². The predicted octanol–water partition coefficient (Wildman–Crippen LogP) is 3.87. The molecule has 0 aliphatic heterocycles. The molecule has 0 saturated heterocycles. The number of hydrogen-bond acceptors (Lipinski definition) is 5. The van der Waals surface area contributed by atoms with Crippen LogP contribution < -0.4 is 10.5 Å². The molecule has 0 radical (unpaired) electrons. The number of oxazole rings is 1. The van der Waals surface area contributed by atoms with E-state index in [1.165, 1.54) is 6.07 Å². The largest absolute Gasteiger partial charge is 0.475 e. The van der Waals surface area contributed by atoms with Gasteiger partial charge in [-0.2, -0.15) is 0 Å². The third-order valence-electron chi connectivity index (χ3n) is 3.81. The molecule has 1 heterocycles. The molecule has 3 aromatic rings. The molecule has 0 spiro atoms. The van der Waals surface area contributed by atoms with Gasteiger partial charge in [-0.25, -0.2) is 22.5 Å². The Bertz CT molecular complexity index is 1090. The number of aliphatic hydroxyl groups excluding tert-OH is 1. The lowest BCUT2D eigenvalue weighted by molar-refractivity contribution is 0.0880. The Morgan fingerprint density at radius 3 is 2.48 bits per heavy atom. The third-order valence-corrected chi connectivity index (χ3v) is 4.35. The Kier molecular flexibility index (Phi) is 5.89. The van der Waals surface area contributed by atoms with E-state index < -0.39 is 53.2 Å². The minimum absolute atomic E-state index is 0.0120. The SMILES string of the molecule is NC(=O)c1c(F)ccc(OC(CO)c2nc(-c3ccc(F)c(F)c3)c(Br)o2)c1F. The van der Waals surface area contributed by atoms with Crippen molar-refractivity contribution in [1.82, 2.24) is 4.98 Å². The van der Waals surface area contributed by atoms with E-state index in [1.54, 1.807) is 0 Å². The first-order chi connectivity index (χ1) is 13.7. The van der Waals surface area contributed by atoms with Crippen molar-refractivity contribution in [3.05, 3.63) is 69.7 Å². The molecule has 1 unspecified atom stereocenters. The van der Waals surface area contributed by atoms with Gasteiger partial charge in [-0.15, -0.1) is 0 Å². The normalized spacial score (nSPS) is 12.1. The van der Waals surface area contributed by atoms with Gasteiger partial charge in [0.15, 0.2) is 34.0 Å². The van der Waals surface area contributed by atoms with Gasteiger partial charge >= 0.3 is 0 Å². The number of carbonyl (C=O) groups excluding carboxylic acids is 1. The maximum absolute atomic E-state index is 14.3. The lowest BCUT2D eigenvalue weighted by Crippen LogP contribution is -2.18. The lowest BCUT2D eigenvalue weighted by Gasteiger charge is -2.15. The Labute approximate surface area is 169 Å². The molecule has 0 fully saturated rings. The van der Waals surface area contributed by atoms with E-state index in [4.69, 9.17) is 14.9 Å². The van der Waals surface area contributed by atoms with Crippen LogP contribution in [0.5, 0.6) is 5.75 Å². The Morgan fingerprint density at radius 1 is 1.17 bits per heavy atom. The molecule has 29 heavy (non-hydrogen) atoms. The standard InChI is InChI=1S/C18H11BrF4N2O4/c19-16-15(7-1-2-8(20)10(22)5-7)25-18(29-16)12(6-26)28-11-4-3-9(21)13(14(11)23)17(24)27/h1-5,12,26H,6H2,(H2,24,27). The first-order valence-electron chi connectivity index (χ1n) is 7.89. The van der Waals surface area contributed by atoms with E-state index in [9.17, 15) is 27.5 Å². The average molecular weight is 475 g/mol. The van der Waals surface area contributed by atoms with Crippen LogP contribution in [0.2, 0.25) is 0 Å². The second-order valence-corrected chi connectivity index (χ2v) is 6.41. The van der Waals surface area contributed by atoms with Gasteiger partial charge < -0.3 is 20.0 Å². The van der Waals surface area contributed by atoms with Crippen LogP contribution in [-0.2, 0) is 0 Å². The highest BCUT2D eigenvalue weighted by atomic mass is 79.9. The molecule has 11 heteroatoms. The Hall–Kier alpha value is -2.92. The minimum Gasteiger partial charge on any atom is -0.475 e. The number of ether oxygens (including phenoxy) is 1. The molecule has 3 rings (SSSR count). The highest BCUT2D eigenvalue weighted by Gasteiger charge is 2.26. The zero-order valence-electron chi connectivity index (χ0n) is 14.3. The zero-order chi connectivity index (χ0) is 21.3. The maximum atomic E-state index is 14.3. The predicted molar refractivity (Wildman–Crippen MR) is 94.9 cm³/mol. The fraction of sp³-hybridized carbons (Fsp3) is 0.111. The van der Waals surface area contributed by atoms with Crippen LogP contribution in [0.1, 0.15) is 22.4 Å². The van der Waals surface area contributed by atoms with Crippen molar-refractivity contribution in [2.75, 3.05) is 6.61 Å². The summed E-state index contributed by atoms with van der Waals surface area (Å²) in [5, 5.41) is 9.58. The van der Waals surface area contributed by atoms with Gasteiger partial charge in [-0.1, -0.05) is 0 Å². The van der Waals surface area contributed by atoms with Crippen LogP contribution in [0.3, 0.4) is 0 Å². The number of nitrogens with two attached hydrogens (primary N) is 1. The van der Waals surface area contributed by atoms with Crippen LogP contribution in [0.4, 0.5) is 17.6 Å². The summed E-state index contributed by atoms with van der Waals surface area (Å²) in [6.45, 7) is -0.743.